The predicted molar refractivity (Wildman–Crippen MR) is 76.3 cm³/mol. The van der Waals surface area contributed by atoms with Gasteiger partial charge in [0.25, 0.3) is 0 Å². The standard InChI is InChI=1S/C14H19F2NO3S/c1-20-9-8-14(6-7-14)10-17-11-4-2-3-5-12(11)21(18,19)13(15)16/h2-5,13,17H,6-10H2,1H3. The molecule has 0 bridgehead atoms. The molecule has 0 aromatic heterocycles. The molecule has 4 nitrogen and oxygen atoms in total. The summed E-state index contributed by atoms with van der Waals surface area (Å²) in [4.78, 5) is -0.345. The summed E-state index contributed by atoms with van der Waals surface area (Å²) in [6.07, 6.45) is 2.94. The Morgan fingerprint density at radius 1 is 1.33 bits per heavy atom. The maximum atomic E-state index is 12.7. The van der Waals surface area contributed by atoms with Crippen molar-refractivity contribution in [2.24, 2.45) is 5.41 Å². The van der Waals surface area contributed by atoms with Gasteiger partial charge in [-0.25, -0.2) is 8.42 Å². The molecule has 1 N–H and O–H groups in total. The van der Waals surface area contributed by atoms with Gasteiger partial charge in [0.2, 0.25) is 9.84 Å². The van der Waals surface area contributed by atoms with Crippen molar-refractivity contribution in [3.8, 4) is 0 Å². The summed E-state index contributed by atoms with van der Waals surface area (Å²) in [5.41, 5.74) is 0.332. The predicted octanol–water partition coefficient (Wildman–Crippen LogP) is 2.91. The fraction of sp³-hybridized carbons (Fsp3) is 0.571. The van der Waals surface area contributed by atoms with Crippen LogP contribution in [0, 0.1) is 5.41 Å². The fourth-order valence-corrected chi connectivity index (χ4v) is 3.16. The highest BCUT2D eigenvalue weighted by Crippen LogP contribution is 2.48. The zero-order valence-electron chi connectivity index (χ0n) is 11.8. The average molecular weight is 319 g/mol. The van der Waals surface area contributed by atoms with Crippen molar-refractivity contribution in [2.45, 2.75) is 29.9 Å². The third-order valence-corrected chi connectivity index (χ3v) is 5.31. The first-order valence-corrected chi connectivity index (χ1v) is 8.30. The first kappa shape index (κ1) is 16.2. The van der Waals surface area contributed by atoms with Crippen LogP contribution < -0.4 is 5.32 Å². The molecule has 0 spiro atoms. The topological polar surface area (TPSA) is 55.4 Å². The molecular weight excluding hydrogens is 300 g/mol. The number of ether oxygens (including phenoxy) is 1. The molecule has 1 aliphatic rings. The molecule has 0 heterocycles. The van der Waals surface area contributed by atoms with Crippen LogP contribution >= 0.6 is 0 Å². The van der Waals surface area contributed by atoms with E-state index in [1.165, 1.54) is 18.2 Å². The van der Waals surface area contributed by atoms with E-state index in [4.69, 9.17) is 4.74 Å². The monoisotopic (exact) mass is 319 g/mol. The highest BCUT2D eigenvalue weighted by Gasteiger charge is 2.42. The Morgan fingerprint density at radius 2 is 2.00 bits per heavy atom. The molecule has 1 fully saturated rings. The van der Waals surface area contributed by atoms with E-state index in [1.54, 1.807) is 13.2 Å². The van der Waals surface area contributed by atoms with Gasteiger partial charge in [0.15, 0.2) is 0 Å². The third kappa shape index (κ3) is 3.71. The summed E-state index contributed by atoms with van der Waals surface area (Å²) in [5, 5.41) is 3.02. The summed E-state index contributed by atoms with van der Waals surface area (Å²) in [7, 11) is -2.96. The minimum absolute atomic E-state index is 0.0950. The van der Waals surface area contributed by atoms with Gasteiger partial charge in [-0.2, -0.15) is 8.78 Å². The molecule has 1 saturated carbocycles. The van der Waals surface area contributed by atoms with E-state index in [2.05, 4.69) is 5.32 Å². The third-order valence-electron chi connectivity index (χ3n) is 3.88. The van der Waals surface area contributed by atoms with Crippen molar-refractivity contribution in [3.63, 3.8) is 0 Å². The number of hydrogen-bond acceptors (Lipinski definition) is 4. The van der Waals surface area contributed by atoms with Gasteiger partial charge < -0.3 is 10.1 Å². The Bertz CT molecular complexity index is 586. The van der Waals surface area contributed by atoms with Crippen LogP contribution in [0.2, 0.25) is 0 Å². The van der Waals surface area contributed by atoms with Gasteiger partial charge in [-0.1, -0.05) is 12.1 Å². The lowest BCUT2D eigenvalue weighted by molar-refractivity contribution is 0.175. The highest BCUT2D eigenvalue weighted by molar-refractivity contribution is 7.91. The molecule has 2 rings (SSSR count). The van der Waals surface area contributed by atoms with Crippen molar-refractivity contribution in [3.05, 3.63) is 24.3 Å². The number of alkyl halides is 2. The number of hydrogen-bond donors (Lipinski definition) is 1. The molecule has 1 aromatic rings. The first-order valence-electron chi connectivity index (χ1n) is 6.75. The number of anilines is 1. The van der Waals surface area contributed by atoms with E-state index in [1.807, 2.05) is 0 Å². The van der Waals surface area contributed by atoms with Gasteiger partial charge in [0.05, 0.1) is 10.6 Å². The average Bonchev–Trinajstić information content (AvgIpc) is 3.23. The summed E-state index contributed by atoms with van der Waals surface area (Å²) in [6.45, 7) is 1.20. The molecule has 21 heavy (non-hydrogen) atoms. The van der Waals surface area contributed by atoms with Gasteiger partial charge in [-0.3, -0.25) is 0 Å². The van der Waals surface area contributed by atoms with Crippen LogP contribution in [0.15, 0.2) is 29.2 Å². The van der Waals surface area contributed by atoms with Crippen molar-refractivity contribution < 1.29 is 21.9 Å². The highest BCUT2D eigenvalue weighted by atomic mass is 32.2. The lowest BCUT2D eigenvalue weighted by atomic mass is 10.0. The number of benzene rings is 1. The second-order valence-corrected chi connectivity index (χ2v) is 7.28. The molecule has 7 heteroatoms. The van der Waals surface area contributed by atoms with Gasteiger partial charge in [-0.15, -0.1) is 0 Å². The molecule has 0 radical (unpaired) electrons. The normalized spacial score (nSPS) is 17.0. The van der Waals surface area contributed by atoms with E-state index in [0.717, 1.165) is 19.3 Å². The first-order chi connectivity index (χ1) is 9.91. The minimum atomic E-state index is -4.59. The van der Waals surface area contributed by atoms with Crippen molar-refractivity contribution in [2.75, 3.05) is 25.6 Å². The summed E-state index contributed by atoms with van der Waals surface area (Å²) in [6, 6.07) is 5.79. The maximum absolute atomic E-state index is 12.7. The lowest BCUT2D eigenvalue weighted by Gasteiger charge is -2.18. The zero-order chi connectivity index (χ0) is 15.5. The molecule has 0 unspecified atom stereocenters. The SMILES string of the molecule is COCCC1(CNc2ccccc2S(=O)(=O)C(F)F)CC1. The van der Waals surface area contributed by atoms with Crippen LogP contribution in [0.3, 0.4) is 0 Å². The summed E-state index contributed by atoms with van der Waals surface area (Å²) < 4.78 is 53.8. The summed E-state index contributed by atoms with van der Waals surface area (Å²) in [5.74, 6) is -3.41. The van der Waals surface area contributed by atoms with Crippen LogP contribution in [0.25, 0.3) is 0 Å². The van der Waals surface area contributed by atoms with E-state index in [0.29, 0.717) is 13.2 Å². The minimum Gasteiger partial charge on any atom is -0.385 e. The Morgan fingerprint density at radius 3 is 2.57 bits per heavy atom. The molecule has 0 aliphatic heterocycles. The number of methoxy groups -OCH3 is 1. The Balaban J connectivity index is 2.11. The number of halogens is 2. The number of rotatable bonds is 8. The number of nitrogens with one attached hydrogen (secondary N) is 1. The van der Waals surface area contributed by atoms with Crippen molar-refractivity contribution >= 4 is 15.5 Å². The second-order valence-electron chi connectivity index (χ2n) is 5.40. The van der Waals surface area contributed by atoms with Gasteiger partial charge >= 0.3 is 5.76 Å². The van der Waals surface area contributed by atoms with Crippen LogP contribution in [0.1, 0.15) is 19.3 Å². The Hall–Kier alpha value is -1.21. The van der Waals surface area contributed by atoms with Gasteiger partial charge in [0, 0.05) is 20.3 Å². The number of para-hydroxylation sites is 1. The Labute approximate surface area is 123 Å². The van der Waals surface area contributed by atoms with Crippen LogP contribution in [0.5, 0.6) is 0 Å². The van der Waals surface area contributed by atoms with E-state index in [9.17, 15) is 17.2 Å². The summed E-state index contributed by atoms with van der Waals surface area (Å²) >= 11 is 0. The molecule has 0 atom stereocenters. The molecule has 0 saturated heterocycles. The van der Waals surface area contributed by atoms with E-state index >= 15 is 0 Å². The van der Waals surface area contributed by atoms with Crippen LogP contribution in [-0.4, -0.2) is 34.4 Å². The molecular formula is C14H19F2NO3S. The molecule has 1 aliphatic carbocycles. The van der Waals surface area contributed by atoms with E-state index in [-0.39, 0.29) is 16.0 Å². The Kier molecular flexibility index (Phi) is 4.83. The molecule has 1 aromatic carbocycles. The smallest absolute Gasteiger partial charge is 0.341 e. The van der Waals surface area contributed by atoms with Crippen LogP contribution in [0.4, 0.5) is 14.5 Å². The van der Waals surface area contributed by atoms with Crippen molar-refractivity contribution in [1.29, 1.82) is 0 Å². The lowest BCUT2D eigenvalue weighted by Crippen LogP contribution is -2.20. The number of sulfone groups is 1. The quantitative estimate of drug-likeness (QED) is 0.800. The second kappa shape index (κ2) is 6.27. The zero-order valence-corrected chi connectivity index (χ0v) is 12.6. The molecule has 118 valence electrons. The maximum Gasteiger partial charge on any atom is 0.341 e. The largest absolute Gasteiger partial charge is 0.385 e. The van der Waals surface area contributed by atoms with Crippen molar-refractivity contribution in [1.82, 2.24) is 0 Å². The van der Waals surface area contributed by atoms with Crippen LogP contribution in [-0.2, 0) is 14.6 Å². The van der Waals surface area contributed by atoms with E-state index < -0.39 is 15.6 Å². The molecule has 0 amide bonds. The fourth-order valence-electron chi connectivity index (χ4n) is 2.25. The van der Waals surface area contributed by atoms with Gasteiger partial charge in [-0.05, 0) is 36.8 Å². The van der Waals surface area contributed by atoms with Gasteiger partial charge in [0.1, 0.15) is 0 Å².